The Labute approximate surface area is 223 Å². The van der Waals surface area contributed by atoms with Gasteiger partial charge in [0.05, 0.1) is 5.69 Å². The summed E-state index contributed by atoms with van der Waals surface area (Å²) < 4.78 is 3.84. The number of benzene rings is 1. The van der Waals surface area contributed by atoms with E-state index in [2.05, 4.69) is 51.9 Å². The first-order chi connectivity index (χ1) is 18.3. The molecule has 0 saturated carbocycles. The molecular formula is C30H36N6O2. The fourth-order valence-corrected chi connectivity index (χ4v) is 5.63. The van der Waals surface area contributed by atoms with Crippen LogP contribution in [0.4, 0.5) is 5.69 Å². The lowest BCUT2D eigenvalue weighted by molar-refractivity contribution is 0.0827. The maximum Gasteiger partial charge on any atom is 0.257 e. The highest BCUT2D eigenvalue weighted by Gasteiger charge is 2.27. The third kappa shape index (κ3) is 4.72. The number of hydrogen-bond acceptors (Lipinski definition) is 5. The highest BCUT2D eigenvalue weighted by atomic mass is 16.2. The van der Waals surface area contributed by atoms with Crippen LogP contribution in [-0.4, -0.2) is 64.1 Å². The Hall–Kier alpha value is -3.91. The first-order valence-corrected chi connectivity index (χ1v) is 13.2. The summed E-state index contributed by atoms with van der Waals surface area (Å²) in [6.07, 6.45) is 5.73. The molecule has 1 aliphatic heterocycles. The lowest BCUT2D eigenvalue weighted by Gasteiger charge is -2.36. The number of nitrogens with one attached hydrogen (secondary N) is 1. The average molecular weight is 513 g/mol. The van der Waals surface area contributed by atoms with Gasteiger partial charge in [-0.25, -0.2) is 4.98 Å². The zero-order chi connectivity index (χ0) is 27.0. The number of carbonyl (C=O) groups excluding carboxylic acids is 1. The van der Waals surface area contributed by atoms with Gasteiger partial charge in [0.2, 0.25) is 0 Å². The number of hydrogen-bond donors (Lipinski definition) is 1. The van der Waals surface area contributed by atoms with E-state index < -0.39 is 0 Å². The van der Waals surface area contributed by atoms with E-state index in [4.69, 9.17) is 0 Å². The quantitative estimate of drug-likeness (QED) is 0.414. The topological polar surface area (TPSA) is 75.4 Å². The molecule has 4 heterocycles. The minimum absolute atomic E-state index is 0.0349. The van der Waals surface area contributed by atoms with Crippen LogP contribution in [0.15, 0.2) is 65.7 Å². The molecule has 38 heavy (non-hydrogen) atoms. The molecule has 1 saturated heterocycles. The summed E-state index contributed by atoms with van der Waals surface area (Å²) in [5, 5.41) is 3.99. The number of piperidine rings is 1. The first kappa shape index (κ1) is 25.7. The van der Waals surface area contributed by atoms with Gasteiger partial charge in [0.1, 0.15) is 5.65 Å². The van der Waals surface area contributed by atoms with Gasteiger partial charge in [-0.1, -0.05) is 12.1 Å². The zero-order valence-corrected chi connectivity index (χ0v) is 22.8. The van der Waals surface area contributed by atoms with Crippen molar-refractivity contribution in [1.29, 1.82) is 0 Å². The van der Waals surface area contributed by atoms with E-state index in [1.54, 1.807) is 35.8 Å². The standard InChI is InChI=1S/C30H36N6O2/c1-20(35-15-11-22(12-16-35)21-6-8-23(9-7-21)30(38)33(3)4)27-19-25-26(10-14-32-29(25)34(27)5)36-17-13-24(31-2)18-28(36)37/h6-10,13-14,17-20,22,31H,11-12,15-16H2,1-5H3/t20-/m0/s1. The molecule has 1 atom stereocenters. The fraction of sp³-hybridized carbons (Fsp3) is 0.367. The van der Waals surface area contributed by atoms with Gasteiger partial charge in [-0.15, -0.1) is 0 Å². The molecule has 0 spiro atoms. The molecule has 1 N–H and O–H groups in total. The lowest BCUT2D eigenvalue weighted by atomic mass is 9.88. The van der Waals surface area contributed by atoms with Gasteiger partial charge in [0.15, 0.2) is 0 Å². The van der Waals surface area contributed by atoms with Crippen molar-refractivity contribution in [2.45, 2.75) is 31.7 Å². The second-order valence-corrected chi connectivity index (χ2v) is 10.4. The van der Waals surface area contributed by atoms with Crippen LogP contribution in [0.2, 0.25) is 0 Å². The Balaban J connectivity index is 1.34. The summed E-state index contributed by atoms with van der Waals surface area (Å²) in [6.45, 7) is 4.25. The van der Waals surface area contributed by atoms with Crippen LogP contribution in [0.5, 0.6) is 0 Å². The van der Waals surface area contributed by atoms with Crippen molar-refractivity contribution in [1.82, 2.24) is 23.9 Å². The maximum atomic E-state index is 12.8. The van der Waals surface area contributed by atoms with Gasteiger partial charge >= 0.3 is 0 Å². The van der Waals surface area contributed by atoms with Crippen LogP contribution >= 0.6 is 0 Å². The summed E-state index contributed by atoms with van der Waals surface area (Å²) in [7, 11) is 7.42. The van der Waals surface area contributed by atoms with E-state index in [0.29, 0.717) is 5.92 Å². The van der Waals surface area contributed by atoms with E-state index >= 15 is 0 Å². The molecule has 198 valence electrons. The summed E-state index contributed by atoms with van der Waals surface area (Å²) >= 11 is 0. The number of carbonyl (C=O) groups is 1. The normalized spacial score (nSPS) is 15.5. The second-order valence-electron chi connectivity index (χ2n) is 10.4. The predicted molar refractivity (Wildman–Crippen MR) is 152 cm³/mol. The van der Waals surface area contributed by atoms with Crippen molar-refractivity contribution in [3.8, 4) is 5.69 Å². The molecule has 1 fully saturated rings. The molecule has 3 aromatic heterocycles. The number of amides is 1. The molecule has 1 aromatic carbocycles. The van der Waals surface area contributed by atoms with E-state index in [9.17, 15) is 9.59 Å². The number of fused-ring (bicyclic) bond motifs is 1. The van der Waals surface area contributed by atoms with E-state index in [1.165, 1.54) is 11.3 Å². The zero-order valence-electron chi connectivity index (χ0n) is 22.8. The van der Waals surface area contributed by atoms with Gasteiger partial charge in [-0.3, -0.25) is 19.1 Å². The Bertz CT molecular complexity index is 1510. The monoisotopic (exact) mass is 512 g/mol. The maximum absolute atomic E-state index is 12.8. The molecule has 4 aromatic rings. The number of likely N-dealkylation sites (tertiary alicyclic amines) is 1. The van der Waals surface area contributed by atoms with Crippen LogP contribution in [0.1, 0.15) is 53.3 Å². The Morgan fingerprint density at radius 2 is 1.79 bits per heavy atom. The van der Waals surface area contributed by atoms with Crippen molar-refractivity contribution in [2.75, 3.05) is 39.5 Å². The van der Waals surface area contributed by atoms with Crippen molar-refractivity contribution in [3.63, 3.8) is 0 Å². The molecule has 8 nitrogen and oxygen atoms in total. The van der Waals surface area contributed by atoms with E-state index in [-0.39, 0.29) is 17.5 Å². The molecule has 0 aliphatic carbocycles. The molecular weight excluding hydrogens is 476 g/mol. The number of aryl methyl sites for hydroxylation is 1. The van der Waals surface area contributed by atoms with E-state index in [1.807, 2.05) is 37.5 Å². The summed E-state index contributed by atoms with van der Waals surface area (Å²) in [6, 6.07) is 15.9. The minimum Gasteiger partial charge on any atom is -0.388 e. The summed E-state index contributed by atoms with van der Waals surface area (Å²) in [5.41, 5.74) is 5.64. The van der Waals surface area contributed by atoms with Crippen molar-refractivity contribution >= 4 is 22.6 Å². The predicted octanol–water partition coefficient (Wildman–Crippen LogP) is 4.41. The highest BCUT2D eigenvalue weighted by molar-refractivity contribution is 5.93. The number of nitrogens with zero attached hydrogens (tertiary/aromatic N) is 5. The number of aromatic nitrogens is 3. The van der Waals surface area contributed by atoms with Crippen LogP contribution in [-0.2, 0) is 7.05 Å². The average Bonchev–Trinajstić information content (AvgIpc) is 3.28. The van der Waals surface area contributed by atoms with Gasteiger partial charge in [-0.2, -0.15) is 0 Å². The third-order valence-corrected chi connectivity index (χ3v) is 7.95. The number of pyridine rings is 2. The molecule has 1 aliphatic rings. The van der Waals surface area contributed by atoms with Gasteiger partial charge in [0, 0.05) is 75.0 Å². The highest BCUT2D eigenvalue weighted by Crippen LogP contribution is 2.34. The van der Waals surface area contributed by atoms with Crippen LogP contribution in [0.3, 0.4) is 0 Å². The molecule has 0 unspecified atom stereocenters. The first-order valence-electron chi connectivity index (χ1n) is 13.2. The van der Waals surface area contributed by atoms with Gasteiger partial charge in [-0.05, 0) is 74.7 Å². The Morgan fingerprint density at radius 3 is 2.42 bits per heavy atom. The molecule has 0 bridgehead atoms. The van der Waals surface area contributed by atoms with Crippen LogP contribution < -0.4 is 10.9 Å². The fourth-order valence-electron chi connectivity index (χ4n) is 5.63. The minimum atomic E-state index is -0.0796. The van der Waals surface area contributed by atoms with Crippen LogP contribution in [0, 0.1) is 0 Å². The largest absolute Gasteiger partial charge is 0.388 e. The van der Waals surface area contributed by atoms with Gasteiger partial charge in [0.25, 0.3) is 11.5 Å². The molecule has 1 amide bonds. The van der Waals surface area contributed by atoms with Gasteiger partial charge < -0.3 is 14.8 Å². The Kier molecular flexibility index (Phi) is 7.08. The summed E-state index contributed by atoms with van der Waals surface area (Å²) in [5.74, 6) is 0.530. The van der Waals surface area contributed by atoms with Crippen molar-refractivity contribution in [2.24, 2.45) is 7.05 Å². The van der Waals surface area contributed by atoms with Crippen LogP contribution in [0.25, 0.3) is 16.7 Å². The number of rotatable bonds is 6. The SMILES string of the molecule is CNc1ccn(-c2ccnc3c2cc([C@H](C)N2CCC(c4ccc(C(=O)N(C)C)cc4)CC2)n3C)c(=O)c1. The second kappa shape index (κ2) is 10.5. The molecule has 5 rings (SSSR count). The molecule has 8 heteroatoms. The number of anilines is 1. The van der Waals surface area contributed by atoms with E-state index in [0.717, 1.165) is 53.9 Å². The smallest absolute Gasteiger partial charge is 0.257 e. The Morgan fingerprint density at radius 1 is 1.08 bits per heavy atom. The molecule has 0 radical (unpaired) electrons. The lowest BCUT2D eigenvalue weighted by Crippen LogP contribution is -2.35. The van der Waals surface area contributed by atoms with Crippen molar-refractivity contribution in [3.05, 3.63) is 88.1 Å². The van der Waals surface area contributed by atoms with Crippen molar-refractivity contribution < 1.29 is 4.79 Å². The summed E-state index contributed by atoms with van der Waals surface area (Å²) in [4.78, 5) is 33.8. The third-order valence-electron chi connectivity index (χ3n) is 7.95.